The van der Waals surface area contributed by atoms with Crippen LogP contribution in [-0.2, 0) is 6.54 Å². The van der Waals surface area contributed by atoms with Crippen LogP contribution in [-0.4, -0.2) is 71.1 Å². The van der Waals surface area contributed by atoms with Crippen LogP contribution < -0.4 is 4.90 Å². The largest absolute Gasteiger partial charge is 0.354 e. The molecule has 0 bridgehead atoms. The Kier molecular flexibility index (Phi) is 6.91. The minimum atomic E-state index is 0.164. The first kappa shape index (κ1) is 23.7. The predicted molar refractivity (Wildman–Crippen MR) is 149 cm³/mol. The number of likely N-dealkylation sites (tertiary alicyclic amines) is 1. The van der Waals surface area contributed by atoms with Gasteiger partial charge in [-0.1, -0.05) is 54.6 Å². The third-order valence-corrected chi connectivity index (χ3v) is 7.88. The Morgan fingerprint density at radius 2 is 1.65 bits per heavy atom. The lowest BCUT2D eigenvalue weighted by Crippen LogP contribution is -2.50. The molecule has 190 valence electrons. The van der Waals surface area contributed by atoms with Gasteiger partial charge in [-0.05, 0) is 48.6 Å². The van der Waals surface area contributed by atoms with Crippen LogP contribution >= 0.6 is 0 Å². The van der Waals surface area contributed by atoms with Crippen LogP contribution in [0.1, 0.15) is 28.9 Å². The zero-order valence-corrected chi connectivity index (χ0v) is 21.4. The van der Waals surface area contributed by atoms with Crippen molar-refractivity contribution in [3.63, 3.8) is 0 Å². The van der Waals surface area contributed by atoms with Gasteiger partial charge in [-0.3, -0.25) is 9.69 Å². The summed E-state index contributed by atoms with van der Waals surface area (Å²) in [5, 5.41) is 1.13. The number of pyridine rings is 1. The molecule has 2 saturated heterocycles. The average molecular weight is 494 g/mol. The highest BCUT2D eigenvalue weighted by Crippen LogP contribution is 2.26. The van der Waals surface area contributed by atoms with Crippen molar-refractivity contribution in [2.24, 2.45) is 5.92 Å². The number of hydrogen-bond donors (Lipinski definition) is 0. The maximum Gasteiger partial charge on any atom is 0.270 e. The van der Waals surface area contributed by atoms with Crippen molar-refractivity contribution in [1.29, 1.82) is 0 Å². The van der Waals surface area contributed by atoms with Crippen LogP contribution in [0.5, 0.6) is 0 Å². The van der Waals surface area contributed by atoms with Gasteiger partial charge in [0.2, 0.25) is 0 Å². The first-order valence-corrected chi connectivity index (χ1v) is 13.5. The van der Waals surface area contributed by atoms with Crippen molar-refractivity contribution in [3.8, 4) is 0 Å². The van der Waals surface area contributed by atoms with Crippen molar-refractivity contribution >= 4 is 22.6 Å². The SMILES string of the molecule is O=C(c1cc2ccccc2n1Cc1ccccc1)N1CCCC(CN2CCN(c3ccccn3)CC2)C1. The third kappa shape index (κ3) is 5.25. The molecule has 4 heterocycles. The van der Waals surface area contributed by atoms with Crippen molar-refractivity contribution in [2.45, 2.75) is 19.4 Å². The molecule has 2 aliphatic rings. The van der Waals surface area contributed by atoms with Crippen molar-refractivity contribution in [2.75, 3.05) is 50.7 Å². The number of hydrogen-bond acceptors (Lipinski definition) is 4. The number of amides is 1. The Morgan fingerprint density at radius 3 is 2.46 bits per heavy atom. The summed E-state index contributed by atoms with van der Waals surface area (Å²) >= 11 is 0. The van der Waals surface area contributed by atoms with Crippen LogP contribution in [0.3, 0.4) is 0 Å². The minimum absolute atomic E-state index is 0.164. The van der Waals surface area contributed by atoms with Gasteiger partial charge in [-0.2, -0.15) is 0 Å². The summed E-state index contributed by atoms with van der Waals surface area (Å²) < 4.78 is 2.20. The van der Waals surface area contributed by atoms with E-state index in [9.17, 15) is 4.79 Å². The lowest BCUT2D eigenvalue weighted by atomic mass is 9.96. The second kappa shape index (κ2) is 10.8. The molecule has 0 spiro atoms. The molecule has 1 unspecified atom stereocenters. The zero-order chi connectivity index (χ0) is 25.0. The predicted octanol–water partition coefficient (Wildman–Crippen LogP) is 4.76. The van der Waals surface area contributed by atoms with Gasteiger partial charge in [0.25, 0.3) is 5.91 Å². The number of nitrogens with zero attached hydrogens (tertiary/aromatic N) is 5. The number of anilines is 1. The molecule has 4 aromatic rings. The molecule has 6 nitrogen and oxygen atoms in total. The van der Waals surface area contributed by atoms with Gasteiger partial charge in [-0.25, -0.2) is 4.98 Å². The van der Waals surface area contributed by atoms with Gasteiger partial charge in [-0.15, -0.1) is 0 Å². The van der Waals surface area contributed by atoms with E-state index in [2.05, 4.69) is 84.9 Å². The Bertz CT molecular complexity index is 1330. The molecule has 6 rings (SSSR count). The van der Waals surface area contributed by atoms with Gasteiger partial charge < -0.3 is 14.4 Å². The van der Waals surface area contributed by atoms with E-state index >= 15 is 0 Å². The summed E-state index contributed by atoms with van der Waals surface area (Å²) in [6.07, 6.45) is 4.13. The molecule has 0 saturated carbocycles. The quantitative estimate of drug-likeness (QED) is 0.389. The highest BCUT2D eigenvalue weighted by molar-refractivity contribution is 5.99. The van der Waals surface area contributed by atoms with Crippen molar-refractivity contribution < 1.29 is 4.79 Å². The lowest BCUT2D eigenvalue weighted by Gasteiger charge is -2.39. The number of carbonyl (C=O) groups excluding carboxylic acids is 1. The summed E-state index contributed by atoms with van der Waals surface area (Å²) in [7, 11) is 0. The fourth-order valence-electron chi connectivity index (χ4n) is 5.95. The van der Waals surface area contributed by atoms with Crippen LogP contribution in [0.25, 0.3) is 10.9 Å². The third-order valence-electron chi connectivity index (χ3n) is 7.88. The second-order valence-corrected chi connectivity index (χ2v) is 10.4. The van der Waals surface area contributed by atoms with Crippen LogP contribution in [0.15, 0.2) is 85.1 Å². The second-order valence-electron chi connectivity index (χ2n) is 10.4. The maximum atomic E-state index is 13.9. The lowest BCUT2D eigenvalue weighted by molar-refractivity contribution is 0.0627. The normalized spacial score (nSPS) is 18.9. The first-order valence-electron chi connectivity index (χ1n) is 13.5. The molecule has 0 aliphatic carbocycles. The van der Waals surface area contributed by atoms with Gasteiger partial charge >= 0.3 is 0 Å². The molecule has 0 radical (unpaired) electrons. The van der Waals surface area contributed by atoms with Gasteiger partial charge in [0, 0.05) is 69.5 Å². The number of aromatic nitrogens is 2. The van der Waals surface area contributed by atoms with Gasteiger partial charge in [0.05, 0.1) is 0 Å². The number of benzene rings is 2. The van der Waals surface area contributed by atoms with E-state index < -0.39 is 0 Å². The van der Waals surface area contributed by atoms with Gasteiger partial charge in [0.1, 0.15) is 11.5 Å². The van der Waals surface area contributed by atoms with Crippen LogP contribution in [0.4, 0.5) is 5.82 Å². The Morgan fingerprint density at radius 1 is 0.865 bits per heavy atom. The number of piperidine rings is 1. The average Bonchev–Trinajstić information content (AvgIpc) is 3.32. The molecule has 37 heavy (non-hydrogen) atoms. The van der Waals surface area contributed by atoms with E-state index in [0.29, 0.717) is 12.5 Å². The maximum absolute atomic E-state index is 13.9. The van der Waals surface area contributed by atoms with Crippen molar-refractivity contribution in [3.05, 3.63) is 96.3 Å². The summed E-state index contributed by atoms with van der Waals surface area (Å²) in [5.41, 5.74) is 3.13. The smallest absolute Gasteiger partial charge is 0.270 e. The molecule has 0 N–H and O–H groups in total. The van der Waals surface area contributed by atoms with Crippen molar-refractivity contribution in [1.82, 2.24) is 19.4 Å². The zero-order valence-electron chi connectivity index (χ0n) is 21.4. The fourth-order valence-corrected chi connectivity index (χ4v) is 5.95. The van der Waals surface area contributed by atoms with Crippen LogP contribution in [0, 0.1) is 5.92 Å². The monoisotopic (exact) mass is 493 g/mol. The number of piperazine rings is 1. The number of carbonyl (C=O) groups is 1. The summed E-state index contributed by atoms with van der Waals surface area (Å²) in [5.74, 6) is 1.75. The summed E-state index contributed by atoms with van der Waals surface area (Å²) in [6, 6.07) is 27.0. The molecule has 1 amide bonds. The highest BCUT2D eigenvalue weighted by atomic mass is 16.2. The molecule has 6 heteroatoms. The molecule has 2 fully saturated rings. The number of rotatable bonds is 6. The summed E-state index contributed by atoms with van der Waals surface area (Å²) in [4.78, 5) is 25.5. The number of fused-ring (bicyclic) bond motifs is 1. The molecular weight excluding hydrogens is 458 g/mol. The van der Waals surface area contributed by atoms with E-state index in [-0.39, 0.29) is 5.91 Å². The highest BCUT2D eigenvalue weighted by Gasteiger charge is 2.29. The van der Waals surface area contributed by atoms with E-state index in [4.69, 9.17) is 0 Å². The Balaban J connectivity index is 1.13. The summed E-state index contributed by atoms with van der Waals surface area (Å²) in [6.45, 7) is 7.55. The Labute approximate surface area is 219 Å². The van der Waals surface area contributed by atoms with E-state index in [1.54, 1.807) is 0 Å². The molecule has 2 aliphatic heterocycles. The Hall–Kier alpha value is -3.64. The molecule has 1 atom stereocenters. The van der Waals surface area contributed by atoms with E-state index in [1.165, 1.54) is 12.0 Å². The fraction of sp³-hybridized carbons (Fsp3) is 0.355. The molecule has 2 aromatic heterocycles. The minimum Gasteiger partial charge on any atom is -0.354 e. The first-order chi connectivity index (χ1) is 18.2. The van der Waals surface area contributed by atoms with Crippen LogP contribution in [0.2, 0.25) is 0 Å². The van der Waals surface area contributed by atoms with E-state index in [0.717, 1.165) is 74.6 Å². The molecule has 2 aromatic carbocycles. The van der Waals surface area contributed by atoms with Gasteiger partial charge in [0.15, 0.2) is 0 Å². The molecular formula is C31H35N5O. The topological polar surface area (TPSA) is 44.6 Å². The van der Waals surface area contributed by atoms with E-state index in [1.807, 2.05) is 24.4 Å². The number of para-hydroxylation sites is 1. The standard InChI is InChI=1S/C31H35N5O/c37-31(29-21-27-12-4-5-13-28(27)36(29)24-25-9-2-1-3-10-25)35-16-8-11-26(23-35)22-33-17-19-34(20-18-33)30-14-6-7-15-32-30/h1-7,9-10,12-15,21,26H,8,11,16-20,22-24H2.